The minimum absolute atomic E-state index is 0.0677. The van der Waals surface area contributed by atoms with Gasteiger partial charge < -0.3 is 10.4 Å². The van der Waals surface area contributed by atoms with Crippen molar-refractivity contribution in [2.24, 2.45) is 0 Å². The van der Waals surface area contributed by atoms with Crippen LogP contribution in [-0.4, -0.2) is 48.8 Å². The normalized spacial score (nSPS) is 16.3. The zero-order valence-electron chi connectivity index (χ0n) is 15.1. The van der Waals surface area contributed by atoms with Crippen LogP contribution in [0.15, 0.2) is 24.3 Å². The van der Waals surface area contributed by atoms with Crippen LogP contribution in [0.3, 0.4) is 0 Å². The minimum Gasteiger partial charge on any atom is -0.480 e. The largest absolute Gasteiger partial charge is 0.480 e. The van der Waals surface area contributed by atoms with Crippen molar-refractivity contribution in [2.75, 3.05) is 11.5 Å². The Morgan fingerprint density at radius 1 is 1.33 bits per heavy atom. The average Bonchev–Trinajstić information content (AvgIpc) is 3.08. The van der Waals surface area contributed by atoms with Gasteiger partial charge in [0.2, 0.25) is 5.82 Å². The summed E-state index contributed by atoms with van der Waals surface area (Å²) in [5.74, 6) is -0.485. The molecule has 1 amide bonds. The van der Waals surface area contributed by atoms with E-state index in [4.69, 9.17) is 0 Å². The van der Waals surface area contributed by atoms with E-state index in [1.807, 2.05) is 13.8 Å². The maximum atomic E-state index is 13.6. The minimum atomic E-state index is -1.30. The average molecular weight is 392 g/mol. The molecule has 0 bridgehead atoms. The fraction of sp³-hybridized carbons (Fsp3) is 0.444. The molecule has 1 saturated heterocycles. The summed E-state index contributed by atoms with van der Waals surface area (Å²) in [5, 5.41) is 16.5. The van der Waals surface area contributed by atoms with Crippen molar-refractivity contribution in [3.8, 4) is 5.69 Å². The number of amides is 1. The number of rotatable bonds is 5. The Balaban J connectivity index is 1.93. The highest BCUT2D eigenvalue weighted by Gasteiger charge is 2.42. The molecule has 2 aromatic rings. The van der Waals surface area contributed by atoms with Gasteiger partial charge in [-0.2, -0.15) is 11.8 Å². The number of benzene rings is 1. The number of carboxylic acids is 1. The zero-order valence-corrected chi connectivity index (χ0v) is 15.9. The second kappa shape index (κ2) is 7.67. The summed E-state index contributed by atoms with van der Waals surface area (Å²) in [6.45, 7) is 3.77. The van der Waals surface area contributed by atoms with Crippen molar-refractivity contribution >= 4 is 23.6 Å². The first-order valence-electron chi connectivity index (χ1n) is 8.69. The lowest BCUT2D eigenvalue weighted by Gasteiger charge is -2.33. The molecule has 27 heavy (non-hydrogen) atoms. The molecule has 1 aromatic carbocycles. The molecule has 3 rings (SSSR count). The lowest BCUT2D eigenvalue weighted by atomic mass is 9.92. The van der Waals surface area contributed by atoms with Crippen LogP contribution < -0.4 is 5.32 Å². The number of nitrogens with one attached hydrogen (secondary N) is 1. The number of carbonyl (C=O) groups excluding carboxylic acids is 1. The van der Waals surface area contributed by atoms with Gasteiger partial charge in [-0.25, -0.2) is 18.9 Å². The van der Waals surface area contributed by atoms with Crippen LogP contribution in [0.2, 0.25) is 0 Å². The van der Waals surface area contributed by atoms with E-state index in [1.54, 1.807) is 23.9 Å². The number of nitrogens with zero attached hydrogens (tertiary/aromatic N) is 3. The first-order chi connectivity index (χ1) is 12.8. The molecule has 144 valence electrons. The maximum Gasteiger partial charge on any atom is 0.329 e. The highest BCUT2D eigenvalue weighted by Crippen LogP contribution is 2.28. The fourth-order valence-electron chi connectivity index (χ4n) is 2.98. The highest BCUT2D eigenvalue weighted by molar-refractivity contribution is 7.99. The quantitative estimate of drug-likeness (QED) is 0.812. The SMILES string of the molecule is CC(C)c1nc(C(=O)NC2(C(=O)O)CCSCC2)nn1-c1cccc(F)c1. The van der Waals surface area contributed by atoms with Crippen LogP contribution in [0.5, 0.6) is 0 Å². The van der Waals surface area contributed by atoms with E-state index in [2.05, 4.69) is 15.4 Å². The summed E-state index contributed by atoms with van der Waals surface area (Å²) >= 11 is 1.66. The van der Waals surface area contributed by atoms with E-state index >= 15 is 0 Å². The van der Waals surface area contributed by atoms with Crippen LogP contribution in [0.25, 0.3) is 5.69 Å². The Labute approximate surface area is 160 Å². The molecule has 1 fully saturated rings. The van der Waals surface area contributed by atoms with Crippen molar-refractivity contribution in [3.63, 3.8) is 0 Å². The first kappa shape index (κ1) is 19.3. The van der Waals surface area contributed by atoms with E-state index in [0.29, 0.717) is 35.9 Å². The van der Waals surface area contributed by atoms with Gasteiger partial charge in [0.05, 0.1) is 5.69 Å². The molecule has 2 N–H and O–H groups in total. The molecule has 7 nitrogen and oxygen atoms in total. The van der Waals surface area contributed by atoms with E-state index in [1.165, 1.54) is 16.8 Å². The number of carbonyl (C=O) groups is 2. The molecule has 1 aliphatic heterocycles. The van der Waals surface area contributed by atoms with Crippen molar-refractivity contribution in [1.29, 1.82) is 0 Å². The van der Waals surface area contributed by atoms with E-state index in [-0.39, 0.29) is 11.7 Å². The second-order valence-electron chi connectivity index (χ2n) is 6.79. The molecule has 0 atom stereocenters. The van der Waals surface area contributed by atoms with Crippen LogP contribution in [0.4, 0.5) is 4.39 Å². The predicted molar refractivity (Wildman–Crippen MR) is 99.8 cm³/mol. The monoisotopic (exact) mass is 392 g/mol. The highest BCUT2D eigenvalue weighted by atomic mass is 32.2. The summed E-state index contributed by atoms with van der Waals surface area (Å²) in [6, 6.07) is 5.85. The molecular weight excluding hydrogens is 371 g/mol. The van der Waals surface area contributed by atoms with E-state index in [9.17, 15) is 19.1 Å². The standard InChI is InChI=1S/C18H21FN4O3S/c1-11(2)15-20-14(22-23(15)13-5-3-4-12(19)10-13)16(24)21-18(17(25)26)6-8-27-9-7-18/h3-5,10-11H,6-9H2,1-2H3,(H,21,24)(H,25,26). The lowest BCUT2D eigenvalue weighted by molar-refractivity contribution is -0.144. The van der Waals surface area contributed by atoms with Gasteiger partial charge in [-0.3, -0.25) is 4.79 Å². The zero-order chi connectivity index (χ0) is 19.6. The molecule has 0 spiro atoms. The Morgan fingerprint density at radius 2 is 2.04 bits per heavy atom. The van der Waals surface area contributed by atoms with Gasteiger partial charge in [0, 0.05) is 5.92 Å². The molecule has 0 saturated carbocycles. The van der Waals surface area contributed by atoms with Crippen LogP contribution in [0, 0.1) is 5.82 Å². The van der Waals surface area contributed by atoms with Crippen molar-refractivity contribution in [1.82, 2.24) is 20.1 Å². The van der Waals surface area contributed by atoms with E-state index < -0.39 is 23.2 Å². The summed E-state index contributed by atoms with van der Waals surface area (Å²) < 4.78 is 15.0. The van der Waals surface area contributed by atoms with Crippen molar-refractivity contribution < 1.29 is 19.1 Å². The fourth-order valence-corrected chi connectivity index (χ4v) is 4.17. The number of aromatic nitrogens is 3. The molecule has 1 aliphatic rings. The second-order valence-corrected chi connectivity index (χ2v) is 8.02. The maximum absolute atomic E-state index is 13.6. The molecule has 1 aromatic heterocycles. The first-order valence-corrected chi connectivity index (χ1v) is 9.84. The van der Waals surface area contributed by atoms with Crippen molar-refractivity contribution in [3.05, 3.63) is 41.7 Å². The number of hydrogen-bond acceptors (Lipinski definition) is 5. The summed E-state index contributed by atoms with van der Waals surface area (Å²) in [4.78, 5) is 28.8. The third kappa shape index (κ3) is 3.97. The molecule has 2 heterocycles. The van der Waals surface area contributed by atoms with Crippen molar-refractivity contribution in [2.45, 2.75) is 38.1 Å². The Hall–Kier alpha value is -2.42. The third-order valence-corrected chi connectivity index (χ3v) is 5.50. The molecular formula is C18H21FN4O3S. The summed E-state index contributed by atoms with van der Waals surface area (Å²) in [6.07, 6.45) is 0.695. The topological polar surface area (TPSA) is 97.1 Å². The Bertz CT molecular complexity index is 862. The summed E-state index contributed by atoms with van der Waals surface area (Å²) in [5.41, 5.74) is -0.850. The number of aliphatic carboxylic acids is 1. The Morgan fingerprint density at radius 3 is 2.63 bits per heavy atom. The predicted octanol–water partition coefficient (Wildman–Crippen LogP) is 2.61. The van der Waals surface area contributed by atoms with Gasteiger partial charge in [0.15, 0.2) is 0 Å². The van der Waals surface area contributed by atoms with Gasteiger partial charge >= 0.3 is 5.97 Å². The number of hydrogen-bond donors (Lipinski definition) is 2. The van der Waals surface area contributed by atoms with Gasteiger partial charge in [-0.1, -0.05) is 19.9 Å². The molecule has 0 aliphatic carbocycles. The number of thioether (sulfide) groups is 1. The van der Waals surface area contributed by atoms with Crippen LogP contribution >= 0.6 is 11.8 Å². The number of carboxylic acid groups (broad SMARTS) is 1. The third-order valence-electron chi connectivity index (χ3n) is 4.51. The Kier molecular flexibility index (Phi) is 5.50. The van der Waals surface area contributed by atoms with Gasteiger partial charge in [0.25, 0.3) is 5.91 Å². The van der Waals surface area contributed by atoms with Crippen LogP contribution in [-0.2, 0) is 4.79 Å². The molecule has 9 heteroatoms. The molecule has 0 unspecified atom stereocenters. The van der Waals surface area contributed by atoms with Gasteiger partial charge in [-0.05, 0) is 42.5 Å². The smallest absolute Gasteiger partial charge is 0.329 e. The van der Waals surface area contributed by atoms with Gasteiger partial charge in [-0.15, -0.1) is 5.10 Å². The lowest BCUT2D eigenvalue weighted by Crippen LogP contribution is -2.56. The van der Waals surface area contributed by atoms with Crippen LogP contribution in [0.1, 0.15) is 49.1 Å². The van der Waals surface area contributed by atoms with E-state index in [0.717, 1.165) is 0 Å². The number of halogens is 1. The summed E-state index contributed by atoms with van der Waals surface area (Å²) in [7, 11) is 0. The molecule has 0 radical (unpaired) electrons. The van der Waals surface area contributed by atoms with Gasteiger partial charge in [0.1, 0.15) is 17.2 Å².